The molecule has 8 heteroatoms. The van der Waals surface area contributed by atoms with E-state index in [1.807, 2.05) is 61.9 Å². The molecule has 7 nitrogen and oxygen atoms in total. The van der Waals surface area contributed by atoms with E-state index in [-0.39, 0.29) is 5.91 Å². The van der Waals surface area contributed by atoms with E-state index in [1.54, 1.807) is 25.3 Å². The van der Waals surface area contributed by atoms with Crippen molar-refractivity contribution in [2.45, 2.75) is 40.3 Å². The number of carbonyl (C=O) groups is 1. The van der Waals surface area contributed by atoms with E-state index in [4.69, 9.17) is 0 Å². The summed E-state index contributed by atoms with van der Waals surface area (Å²) in [6, 6.07) is 12.3. The number of hydrogen-bond acceptors (Lipinski definition) is 4. The number of imidazole rings is 1. The standard InChI is InChI=1S/C23H28N4O3S/c1-16-6-9-22(14-17(16)2)27(31(5,29)30)18(3)23(28)25-15-20-7-10-21(11-8-20)26-13-12-24-19(26)4/h6-14,18H,15H2,1-5H3,(H,25,28)/t18-/m0/s1. The van der Waals surface area contributed by atoms with E-state index in [0.29, 0.717) is 12.2 Å². The Balaban J connectivity index is 1.72. The Morgan fingerprint density at radius 1 is 1.10 bits per heavy atom. The van der Waals surface area contributed by atoms with Gasteiger partial charge in [-0.05, 0) is 68.7 Å². The molecule has 1 N–H and O–H groups in total. The van der Waals surface area contributed by atoms with Gasteiger partial charge in [-0.15, -0.1) is 0 Å². The second-order valence-electron chi connectivity index (χ2n) is 7.73. The van der Waals surface area contributed by atoms with Gasteiger partial charge in [0.25, 0.3) is 0 Å². The fourth-order valence-electron chi connectivity index (χ4n) is 3.43. The molecule has 3 rings (SSSR count). The second kappa shape index (κ2) is 8.93. The third kappa shape index (κ3) is 5.14. The van der Waals surface area contributed by atoms with Crippen LogP contribution in [0.1, 0.15) is 29.4 Å². The number of aryl methyl sites for hydroxylation is 3. The summed E-state index contributed by atoms with van der Waals surface area (Å²) in [5.41, 5.74) is 4.40. The fraction of sp³-hybridized carbons (Fsp3) is 0.304. The van der Waals surface area contributed by atoms with Crippen LogP contribution in [0.2, 0.25) is 0 Å². The van der Waals surface area contributed by atoms with E-state index in [2.05, 4.69) is 10.3 Å². The molecule has 0 aliphatic rings. The van der Waals surface area contributed by atoms with Gasteiger partial charge in [0.1, 0.15) is 11.9 Å². The molecule has 0 radical (unpaired) electrons. The van der Waals surface area contributed by atoms with Gasteiger partial charge in [-0.3, -0.25) is 9.10 Å². The number of anilines is 1. The number of benzene rings is 2. The van der Waals surface area contributed by atoms with Crippen LogP contribution in [0.25, 0.3) is 5.69 Å². The van der Waals surface area contributed by atoms with Crippen molar-refractivity contribution in [3.05, 3.63) is 77.4 Å². The summed E-state index contributed by atoms with van der Waals surface area (Å²) in [5.74, 6) is 0.528. The summed E-state index contributed by atoms with van der Waals surface area (Å²) < 4.78 is 28.1. The number of sulfonamides is 1. The van der Waals surface area contributed by atoms with E-state index in [9.17, 15) is 13.2 Å². The molecule has 0 saturated heterocycles. The maximum Gasteiger partial charge on any atom is 0.243 e. The Kier molecular flexibility index (Phi) is 6.50. The molecule has 31 heavy (non-hydrogen) atoms. The van der Waals surface area contributed by atoms with Crippen molar-refractivity contribution in [3.8, 4) is 5.69 Å². The van der Waals surface area contributed by atoms with Crippen molar-refractivity contribution in [2.75, 3.05) is 10.6 Å². The minimum Gasteiger partial charge on any atom is -0.350 e. The number of nitrogens with one attached hydrogen (secondary N) is 1. The minimum atomic E-state index is -3.65. The third-order valence-electron chi connectivity index (χ3n) is 5.34. The molecule has 3 aromatic rings. The zero-order valence-electron chi connectivity index (χ0n) is 18.5. The highest BCUT2D eigenvalue weighted by Crippen LogP contribution is 2.24. The van der Waals surface area contributed by atoms with E-state index in [1.165, 1.54) is 4.31 Å². The van der Waals surface area contributed by atoms with Gasteiger partial charge in [-0.25, -0.2) is 13.4 Å². The number of hydrogen-bond donors (Lipinski definition) is 1. The van der Waals surface area contributed by atoms with Gasteiger partial charge >= 0.3 is 0 Å². The largest absolute Gasteiger partial charge is 0.350 e. The topological polar surface area (TPSA) is 84.3 Å². The smallest absolute Gasteiger partial charge is 0.243 e. The summed E-state index contributed by atoms with van der Waals surface area (Å²) >= 11 is 0. The van der Waals surface area contributed by atoms with Crippen LogP contribution in [-0.4, -0.2) is 36.2 Å². The molecule has 1 atom stereocenters. The van der Waals surface area contributed by atoms with E-state index >= 15 is 0 Å². The molecule has 164 valence electrons. The molecule has 2 aromatic carbocycles. The maximum atomic E-state index is 12.8. The molecule has 0 saturated carbocycles. The SMILES string of the molecule is Cc1ccc(N([C@@H](C)C(=O)NCc2ccc(-n3ccnc3C)cc2)S(C)(=O)=O)cc1C. The lowest BCUT2D eigenvalue weighted by Gasteiger charge is -2.28. The number of aromatic nitrogens is 2. The molecule has 0 unspecified atom stereocenters. The van der Waals surface area contributed by atoms with Gasteiger partial charge in [0.05, 0.1) is 11.9 Å². The zero-order valence-corrected chi connectivity index (χ0v) is 19.3. The second-order valence-corrected chi connectivity index (χ2v) is 9.59. The average molecular weight is 441 g/mol. The summed E-state index contributed by atoms with van der Waals surface area (Å²) in [6.07, 6.45) is 4.75. The van der Waals surface area contributed by atoms with Crippen molar-refractivity contribution in [2.24, 2.45) is 0 Å². The van der Waals surface area contributed by atoms with Gasteiger partial charge in [0.15, 0.2) is 0 Å². The van der Waals surface area contributed by atoms with E-state index < -0.39 is 16.1 Å². The maximum absolute atomic E-state index is 12.8. The summed E-state index contributed by atoms with van der Waals surface area (Å²) in [7, 11) is -3.65. The lowest BCUT2D eigenvalue weighted by atomic mass is 10.1. The first-order valence-electron chi connectivity index (χ1n) is 10.0. The van der Waals surface area contributed by atoms with Gasteiger partial charge in [-0.1, -0.05) is 18.2 Å². The number of rotatable bonds is 7. The number of carbonyl (C=O) groups excluding carboxylic acids is 1. The lowest BCUT2D eigenvalue weighted by molar-refractivity contribution is -0.122. The quantitative estimate of drug-likeness (QED) is 0.611. The van der Waals surface area contributed by atoms with Gasteiger partial charge in [-0.2, -0.15) is 0 Å². The number of nitrogens with zero attached hydrogens (tertiary/aromatic N) is 3. The zero-order chi connectivity index (χ0) is 22.8. The first-order chi connectivity index (χ1) is 14.6. The molecule has 0 aliphatic carbocycles. The molecule has 0 aliphatic heterocycles. The Hall–Kier alpha value is -3.13. The minimum absolute atomic E-state index is 0.302. The summed E-state index contributed by atoms with van der Waals surface area (Å²) in [4.78, 5) is 17.0. The molecule has 0 spiro atoms. The van der Waals surface area contributed by atoms with Crippen LogP contribution in [0.4, 0.5) is 5.69 Å². The molecular weight excluding hydrogens is 412 g/mol. The van der Waals surface area contributed by atoms with Gasteiger partial charge in [0.2, 0.25) is 15.9 Å². The normalized spacial score (nSPS) is 12.4. The number of amides is 1. The highest BCUT2D eigenvalue weighted by molar-refractivity contribution is 7.92. The average Bonchev–Trinajstić information content (AvgIpc) is 3.14. The van der Waals surface area contributed by atoms with Crippen molar-refractivity contribution < 1.29 is 13.2 Å². The molecule has 1 aromatic heterocycles. The summed E-state index contributed by atoms with van der Waals surface area (Å²) in [5, 5.41) is 2.85. The van der Waals surface area contributed by atoms with Crippen molar-refractivity contribution in [3.63, 3.8) is 0 Å². The van der Waals surface area contributed by atoms with E-state index in [0.717, 1.165) is 34.5 Å². The fourth-order valence-corrected chi connectivity index (χ4v) is 4.60. The predicted octanol–water partition coefficient (Wildman–Crippen LogP) is 3.27. The first-order valence-corrected chi connectivity index (χ1v) is 11.9. The Bertz CT molecular complexity index is 1180. The molecular formula is C23H28N4O3S. The van der Waals surface area contributed by atoms with Gasteiger partial charge < -0.3 is 9.88 Å². The highest BCUT2D eigenvalue weighted by Gasteiger charge is 2.29. The van der Waals surface area contributed by atoms with Crippen LogP contribution in [0.15, 0.2) is 54.9 Å². The first kappa shape index (κ1) is 22.6. The van der Waals surface area contributed by atoms with Crippen LogP contribution >= 0.6 is 0 Å². The van der Waals surface area contributed by atoms with Crippen LogP contribution < -0.4 is 9.62 Å². The predicted molar refractivity (Wildman–Crippen MR) is 123 cm³/mol. The third-order valence-corrected chi connectivity index (χ3v) is 6.58. The van der Waals surface area contributed by atoms with Crippen molar-refractivity contribution >= 4 is 21.6 Å². The van der Waals surface area contributed by atoms with Crippen LogP contribution in [0.5, 0.6) is 0 Å². The molecule has 0 bridgehead atoms. The van der Waals surface area contributed by atoms with Crippen molar-refractivity contribution in [1.29, 1.82) is 0 Å². The van der Waals surface area contributed by atoms with Gasteiger partial charge in [0, 0.05) is 24.6 Å². The monoisotopic (exact) mass is 440 g/mol. The Labute approximate surface area is 183 Å². The molecule has 1 heterocycles. The van der Waals surface area contributed by atoms with Crippen molar-refractivity contribution in [1.82, 2.24) is 14.9 Å². The van der Waals surface area contributed by atoms with Crippen LogP contribution in [0, 0.1) is 20.8 Å². The molecule has 1 amide bonds. The Morgan fingerprint density at radius 2 is 1.77 bits per heavy atom. The summed E-state index contributed by atoms with van der Waals surface area (Å²) in [6.45, 7) is 7.70. The molecule has 0 fully saturated rings. The Morgan fingerprint density at radius 3 is 2.32 bits per heavy atom. The highest BCUT2D eigenvalue weighted by atomic mass is 32.2. The van der Waals surface area contributed by atoms with Crippen LogP contribution in [-0.2, 0) is 21.4 Å². The lowest BCUT2D eigenvalue weighted by Crippen LogP contribution is -2.47. The van der Waals surface area contributed by atoms with Crippen LogP contribution in [0.3, 0.4) is 0 Å².